The van der Waals surface area contributed by atoms with Gasteiger partial charge in [0.25, 0.3) is 0 Å². The molecular weight excluding hydrogens is 294 g/mol. The molecule has 6 nitrogen and oxygen atoms in total. The van der Waals surface area contributed by atoms with Crippen LogP contribution in [0.2, 0.25) is 0 Å². The summed E-state index contributed by atoms with van der Waals surface area (Å²) in [4.78, 5) is 11.7. The number of amides is 1. The van der Waals surface area contributed by atoms with Crippen molar-refractivity contribution in [2.75, 3.05) is 11.1 Å². The van der Waals surface area contributed by atoms with Gasteiger partial charge in [0, 0.05) is 30.6 Å². The molecular formula is C12H13N5OS2. The molecule has 2 rings (SSSR count). The van der Waals surface area contributed by atoms with Crippen LogP contribution in [0.4, 0.5) is 5.13 Å². The van der Waals surface area contributed by atoms with Crippen LogP contribution in [0.25, 0.3) is 6.08 Å². The van der Waals surface area contributed by atoms with Crippen molar-refractivity contribution in [3.05, 3.63) is 36.7 Å². The molecule has 0 radical (unpaired) electrons. The highest BCUT2D eigenvalue weighted by molar-refractivity contribution is 8.01. The number of carbonyl (C=O) groups excluding carboxylic acids is 1. The second-order valence-electron chi connectivity index (χ2n) is 3.74. The first kappa shape index (κ1) is 14.5. The minimum Gasteiger partial charge on any atom is -0.297 e. The maximum atomic E-state index is 11.7. The number of nitrogens with zero attached hydrogens (tertiary/aromatic N) is 4. The molecule has 20 heavy (non-hydrogen) atoms. The fourth-order valence-corrected chi connectivity index (χ4v) is 2.81. The van der Waals surface area contributed by atoms with E-state index in [9.17, 15) is 4.79 Å². The molecule has 1 amide bonds. The summed E-state index contributed by atoms with van der Waals surface area (Å²) in [5.74, 6) is 0.522. The first-order valence-electron chi connectivity index (χ1n) is 5.72. The zero-order valence-corrected chi connectivity index (χ0v) is 12.4. The number of aromatic nitrogens is 4. The van der Waals surface area contributed by atoms with Gasteiger partial charge < -0.3 is 0 Å². The molecule has 2 heterocycles. The normalized spacial score (nSPS) is 10.8. The summed E-state index contributed by atoms with van der Waals surface area (Å²) >= 11 is 2.87. The molecule has 0 saturated carbocycles. The van der Waals surface area contributed by atoms with Gasteiger partial charge in [0.1, 0.15) is 0 Å². The molecule has 8 heteroatoms. The highest BCUT2D eigenvalue weighted by Gasteiger charge is 2.06. The number of nitrogens with one attached hydrogen (secondary N) is 1. The molecule has 0 aliphatic carbocycles. The quantitative estimate of drug-likeness (QED) is 0.383. The number of anilines is 1. The van der Waals surface area contributed by atoms with Gasteiger partial charge in [-0.2, -0.15) is 5.10 Å². The fraction of sp³-hybridized carbons (Fsp3) is 0.167. The van der Waals surface area contributed by atoms with Crippen molar-refractivity contribution < 1.29 is 4.79 Å². The average Bonchev–Trinajstić information content (AvgIpc) is 3.03. The predicted octanol–water partition coefficient (Wildman–Crippen LogP) is 2.20. The van der Waals surface area contributed by atoms with E-state index in [4.69, 9.17) is 0 Å². The van der Waals surface area contributed by atoms with Gasteiger partial charge in [-0.15, -0.1) is 16.8 Å². The zero-order chi connectivity index (χ0) is 14.4. The highest BCUT2D eigenvalue weighted by Crippen LogP contribution is 2.25. The molecule has 0 unspecified atom stereocenters. The largest absolute Gasteiger partial charge is 0.297 e. The molecule has 0 atom stereocenters. The van der Waals surface area contributed by atoms with E-state index in [0.29, 0.717) is 5.13 Å². The van der Waals surface area contributed by atoms with E-state index in [1.807, 2.05) is 13.2 Å². The molecule has 2 aromatic heterocycles. The number of hydrogen-bond donors (Lipinski definition) is 1. The van der Waals surface area contributed by atoms with Gasteiger partial charge in [0.2, 0.25) is 11.0 Å². The fourth-order valence-electron chi connectivity index (χ4n) is 1.29. The predicted molar refractivity (Wildman–Crippen MR) is 81.7 cm³/mol. The van der Waals surface area contributed by atoms with Crippen molar-refractivity contribution >= 4 is 40.2 Å². The van der Waals surface area contributed by atoms with Crippen molar-refractivity contribution in [3.8, 4) is 0 Å². The van der Waals surface area contributed by atoms with E-state index in [2.05, 4.69) is 27.2 Å². The van der Waals surface area contributed by atoms with Crippen LogP contribution in [0.3, 0.4) is 0 Å². The van der Waals surface area contributed by atoms with E-state index in [1.54, 1.807) is 23.0 Å². The summed E-state index contributed by atoms with van der Waals surface area (Å²) in [6.45, 7) is 3.64. The standard InChI is InChI=1S/C12H13N5OS2/c1-3-6-19-12-16-15-11(20-12)14-10(18)5-4-9-7-13-17(2)8-9/h3-5,7-8H,1,6H2,2H3,(H,14,15,18)/b5-4+. The summed E-state index contributed by atoms with van der Waals surface area (Å²) < 4.78 is 2.47. The number of aryl methyl sites for hydroxylation is 1. The number of rotatable bonds is 6. The van der Waals surface area contributed by atoms with Gasteiger partial charge in [-0.1, -0.05) is 29.2 Å². The molecule has 2 aromatic rings. The minimum absolute atomic E-state index is 0.245. The number of carbonyl (C=O) groups is 1. The monoisotopic (exact) mass is 307 g/mol. The summed E-state index contributed by atoms with van der Waals surface area (Å²) in [5.41, 5.74) is 0.863. The van der Waals surface area contributed by atoms with Crippen molar-refractivity contribution in [3.63, 3.8) is 0 Å². The minimum atomic E-state index is -0.245. The molecule has 0 spiro atoms. The Morgan fingerprint density at radius 2 is 2.45 bits per heavy atom. The molecule has 0 bridgehead atoms. The van der Waals surface area contributed by atoms with Crippen LogP contribution >= 0.6 is 23.1 Å². The van der Waals surface area contributed by atoms with Crippen molar-refractivity contribution in [2.45, 2.75) is 4.34 Å². The Kier molecular flexibility index (Phi) is 5.08. The van der Waals surface area contributed by atoms with Crippen LogP contribution in [-0.4, -0.2) is 31.6 Å². The third-order valence-electron chi connectivity index (χ3n) is 2.11. The van der Waals surface area contributed by atoms with Crippen LogP contribution in [0.15, 0.2) is 35.5 Å². The smallest absolute Gasteiger partial charge is 0.250 e. The van der Waals surface area contributed by atoms with Crippen LogP contribution in [0.5, 0.6) is 0 Å². The molecule has 104 valence electrons. The van der Waals surface area contributed by atoms with E-state index in [1.165, 1.54) is 29.2 Å². The Labute approximate surface area is 124 Å². The number of hydrogen-bond acceptors (Lipinski definition) is 6. The lowest BCUT2D eigenvalue weighted by molar-refractivity contribution is -0.111. The number of thioether (sulfide) groups is 1. The van der Waals surface area contributed by atoms with Gasteiger partial charge in [0.15, 0.2) is 4.34 Å². The van der Waals surface area contributed by atoms with E-state index in [-0.39, 0.29) is 5.91 Å². The lowest BCUT2D eigenvalue weighted by Crippen LogP contribution is -2.07. The summed E-state index contributed by atoms with van der Waals surface area (Å²) in [5, 5.41) is 15.0. The van der Waals surface area contributed by atoms with Crippen molar-refractivity contribution in [1.29, 1.82) is 0 Å². The Morgan fingerprint density at radius 3 is 3.15 bits per heavy atom. The van der Waals surface area contributed by atoms with Crippen molar-refractivity contribution in [2.24, 2.45) is 7.05 Å². The van der Waals surface area contributed by atoms with Gasteiger partial charge in [-0.05, 0) is 6.08 Å². The third-order valence-corrected chi connectivity index (χ3v) is 4.08. The average molecular weight is 307 g/mol. The Balaban J connectivity index is 1.89. The molecule has 0 aliphatic rings. The second kappa shape index (κ2) is 7.01. The molecule has 0 aliphatic heterocycles. The first-order chi connectivity index (χ1) is 9.67. The van der Waals surface area contributed by atoms with Gasteiger partial charge in [0.05, 0.1) is 6.20 Å². The second-order valence-corrected chi connectivity index (χ2v) is 5.99. The molecule has 0 saturated heterocycles. The summed E-state index contributed by atoms with van der Waals surface area (Å²) in [6, 6.07) is 0. The highest BCUT2D eigenvalue weighted by atomic mass is 32.2. The van der Waals surface area contributed by atoms with Crippen LogP contribution < -0.4 is 5.32 Å². The van der Waals surface area contributed by atoms with Crippen LogP contribution in [0.1, 0.15) is 5.56 Å². The Morgan fingerprint density at radius 1 is 1.60 bits per heavy atom. The summed E-state index contributed by atoms with van der Waals surface area (Å²) in [6.07, 6.45) is 8.42. The zero-order valence-electron chi connectivity index (χ0n) is 10.8. The van der Waals surface area contributed by atoms with Crippen molar-refractivity contribution in [1.82, 2.24) is 20.0 Å². The van der Waals surface area contributed by atoms with Gasteiger partial charge >= 0.3 is 0 Å². The maximum absolute atomic E-state index is 11.7. The first-order valence-corrected chi connectivity index (χ1v) is 7.52. The Bertz CT molecular complexity index is 631. The summed E-state index contributed by atoms with van der Waals surface area (Å²) in [7, 11) is 1.82. The van der Waals surface area contributed by atoms with Gasteiger partial charge in [-0.3, -0.25) is 14.8 Å². The van der Waals surface area contributed by atoms with Gasteiger partial charge in [-0.25, -0.2) is 0 Å². The lowest BCUT2D eigenvalue weighted by Gasteiger charge is -1.93. The maximum Gasteiger partial charge on any atom is 0.250 e. The molecule has 0 aromatic carbocycles. The SMILES string of the molecule is C=CCSc1nnc(NC(=O)/C=C/c2cnn(C)c2)s1. The lowest BCUT2D eigenvalue weighted by atomic mass is 10.3. The Hall–Kier alpha value is -1.93. The third kappa shape index (κ3) is 4.32. The van der Waals surface area contributed by atoms with Crippen LogP contribution in [0, 0.1) is 0 Å². The van der Waals surface area contributed by atoms with Crippen LogP contribution in [-0.2, 0) is 11.8 Å². The molecule has 1 N–H and O–H groups in total. The van der Waals surface area contributed by atoms with E-state index >= 15 is 0 Å². The topological polar surface area (TPSA) is 72.7 Å². The molecule has 0 fully saturated rings. The van der Waals surface area contributed by atoms with E-state index in [0.717, 1.165) is 15.7 Å². The van der Waals surface area contributed by atoms with E-state index < -0.39 is 0 Å².